The van der Waals surface area contributed by atoms with Gasteiger partial charge in [-0.15, -0.1) is 0 Å². The van der Waals surface area contributed by atoms with Crippen molar-refractivity contribution in [2.75, 3.05) is 0 Å². The fraction of sp³-hybridized carbons (Fsp3) is 0.349. The van der Waals surface area contributed by atoms with Crippen molar-refractivity contribution in [3.8, 4) is 11.1 Å². The largest absolute Gasteiger partial charge is 0.0661 e. The summed E-state index contributed by atoms with van der Waals surface area (Å²) in [5.74, 6) is 0.150. The molecule has 0 spiro atoms. The van der Waals surface area contributed by atoms with Gasteiger partial charge >= 0.3 is 0 Å². The lowest BCUT2D eigenvalue weighted by Crippen LogP contribution is -2.37. The van der Waals surface area contributed by atoms with Crippen LogP contribution in [-0.2, 0) is 16.2 Å². The van der Waals surface area contributed by atoms with Gasteiger partial charge < -0.3 is 0 Å². The molecule has 0 aliphatic heterocycles. The number of unbranched alkanes of at least 4 members (excludes halogenated alkanes) is 1. The molecule has 4 aromatic rings. The monoisotopic (exact) mass is 564 g/mol. The molecule has 0 unspecified atom stereocenters. The van der Waals surface area contributed by atoms with Crippen molar-refractivity contribution in [1.29, 1.82) is 0 Å². The van der Waals surface area contributed by atoms with Crippen LogP contribution >= 0.6 is 0 Å². The summed E-state index contributed by atoms with van der Waals surface area (Å²) >= 11 is 0. The van der Waals surface area contributed by atoms with Crippen molar-refractivity contribution in [3.63, 3.8) is 0 Å². The van der Waals surface area contributed by atoms with E-state index in [4.69, 9.17) is 0 Å². The molecule has 0 amide bonds. The molecule has 0 aromatic heterocycles. The minimum absolute atomic E-state index is 0.0641. The second-order valence-corrected chi connectivity index (χ2v) is 14.9. The van der Waals surface area contributed by atoms with Crippen molar-refractivity contribution in [1.82, 2.24) is 0 Å². The number of hydrogen-bond acceptors (Lipinski definition) is 0. The Balaban J connectivity index is 1.71. The Morgan fingerprint density at radius 2 is 1.07 bits per heavy atom. The predicted octanol–water partition coefficient (Wildman–Crippen LogP) is 11.8. The maximum absolute atomic E-state index is 2.55. The van der Waals surface area contributed by atoms with E-state index >= 15 is 0 Å². The molecular formula is C43H48. The van der Waals surface area contributed by atoms with E-state index in [9.17, 15) is 0 Å². The highest BCUT2D eigenvalue weighted by molar-refractivity contribution is 5.82. The van der Waals surface area contributed by atoms with Gasteiger partial charge in [0.1, 0.15) is 0 Å². The normalized spacial score (nSPS) is 15.2. The summed E-state index contributed by atoms with van der Waals surface area (Å²) in [6.45, 7) is 16.4. The predicted molar refractivity (Wildman–Crippen MR) is 185 cm³/mol. The average molecular weight is 565 g/mol. The SMILES string of the molecule is CCCCC1=CC=C(C(c2ccccc2)(c2ccccc2)C2c3cc(C(C)(C)C)ccc3-c3ccc(C(C)(C)C)cc32)C1. The molecule has 4 aromatic carbocycles. The highest BCUT2D eigenvalue weighted by atomic mass is 14.5. The van der Waals surface area contributed by atoms with Gasteiger partial charge in [0.15, 0.2) is 0 Å². The molecule has 0 saturated carbocycles. The molecule has 6 rings (SSSR count). The lowest BCUT2D eigenvalue weighted by molar-refractivity contribution is 0.518. The van der Waals surface area contributed by atoms with E-state index in [-0.39, 0.29) is 22.2 Å². The van der Waals surface area contributed by atoms with Gasteiger partial charge in [-0.05, 0) is 74.6 Å². The maximum Gasteiger partial charge on any atom is 0.0526 e. The second kappa shape index (κ2) is 11.1. The molecular weight excluding hydrogens is 516 g/mol. The zero-order valence-corrected chi connectivity index (χ0v) is 27.3. The summed E-state index contributed by atoms with van der Waals surface area (Å²) in [7, 11) is 0. The summed E-state index contributed by atoms with van der Waals surface area (Å²) in [5.41, 5.74) is 14.1. The molecule has 2 aliphatic carbocycles. The fourth-order valence-corrected chi connectivity index (χ4v) is 7.55. The second-order valence-electron chi connectivity index (χ2n) is 14.9. The lowest BCUT2D eigenvalue weighted by Gasteiger charge is -2.44. The van der Waals surface area contributed by atoms with Crippen LogP contribution in [0.4, 0.5) is 0 Å². The van der Waals surface area contributed by atoms with Crippen LogP contribution in [0.15, 0.2) is 120 Å². The van der Waals surface area contributed by atoms with E-state index in [2.05, 4.69) is 158 Å². The van der Waals surface area contributed by atoms with Crippen LogP contribution in [0, 0.1) is 0 Å². The number of rotatable bonds is 7. The van der Waals surface area contributed by atoms with Gasteiger partial charge in [0.2, 0.25) is 0 Å². The Morgan fingerprint density at radius 1 is 0.581 bits per heavy atom. The Labute approximate surface area is 260 Å². The molecule has 0 bridgehead atoms. The third kappa shape index (κ3) is 5.14. The molecule has 220 valence electrons. The first-order chi connectivity index (χ1) is 20.5. The molecule has 43 heavy (non-hydrogen) atoms. The first-order valence-corrected chi connectivity index (χ1v) is 16.3. The summed E-state index contributed by atoms with van der Waals surface area (Å²) in [4.78, 5) is 0. The third-order valence-electron chi connectivity index (χ3n) is 9.93. The van der Waals surface area contributed by atoms with E-state index in [0.717, 1.165) is 6.42 Å². The van der Waals surface area contributed by atoms with Gasteiger partial charge in [0.05, 0.1) is 5.41 Å². The van der Waals surface area contributed by atoms with E-state index in [1.807, 2.05) is 0 Å². The molecule has 0 fully saturated rings. The zero-order valence-electron chi connectivity index (χ0n) is 27.3. The fourth-order valence-electron chi connectivity index (χ4n) is 7.55. The molecule has 0 heterocycles. The Bertz CT molecular complexity index is 1560. The van der Waals surface area contributed by atoms with Crippen LogP contribution in [0.5, 0.6) is 0 Å². The van der Waals surface area contributed by atoms with Gasteiger partial charge in [-0.1, -0.05) is 175 Å². The van der Waals surface area contributed by atoms with Crippen LogP contribution in [-0.4, -0.2) is 0 Å². The quantitative estimate of drug-likeness (QED) is 0.209. The minimum atomic E-state index is -0.347. The number of hydrogen-bond donors (Lipinski definition) is 0. The minimum Gasteiger partial charge on any atom is -0.0661 e. The highest BCUT2D eigenvalue weighted by Gasteiger charge is 2.51. The number of fused-ring (bicyclic) bond motifs is 3. The van der Waals surface area contributed by atoms with Crippen LogP contribution in [0.25, 0.3) is 11.1 Å². The van der Waals surface area contributed by atoms with Crippen molar-refractivity contribution in [2.24, 2.45) is 0 Å². The van der Waals surface area contributed by atoms with Crippen LogP contribution < -0.4 is 0 Å². The van der Waals surface area contributed by atoms with E-state index < -0.39 is 0 Å². The standard InChI is InChI=1S/C43H48/c1-8-9-16-30-21-22-35(27-30)43(31-17-12-10-13-18-31,32-19-14-11-15-20-32)40-38-28-33(41(2,3)4)23-25-36(38)37-26-24-34(29-39(37)40)42(5,6)7/h10-15,17-26,28-29,40H,8-9,16,27H2,1-7H3. The number of allylic oxidation sites excluding steroid dienone is 4. The molecule has 2 aliphatic rings. The van der Waals surface area contributed by atoms with E-state index in [1.165, 1.54) is 69.3 Å². The van der Waals surface area contributed by atoms with Crippen molar-refractivity contribution in [3.05, 3.63) is 154 Å². The molecule has 0 atom stereocenters. The summed E-state index contributed by atoms with van der Waals surface area (Å²) in [5, 5.41) is 0. The van der Waals surface area contributed by atoms with Gasteiger partial charge in [0, 0.05) is 5.92 Å². The van der Waals surface area contributed by atoms with Gasteiger partial charge in [-0.2, -0.15) is 0 Å². The smallest absolute Gasteiger partial charge is 0.0526 e. The van der Waals surface area contributed by atoms with Gasteiger partial charge in [0.25, 0.3) is 0 Å². The van der Waals surface area contributed by atoms with Gasteiger partial charge in [-0.3, -0.25) is 0 Å². The van der Waals surface area contributed by atoms with Crippen molar-refractivity contribution >= 4 is 0 Å². The van der Waals surface area contributed by atoms with Crippen molar-refractivity contribution in [2.45, 2.75) is 96.3 Å². The molecule has 0 saturated heterocycles. The van der Waals surface area contributed by atoms with Crippen LogP contribution in [0.1, 0.15) is 113 Å². The average Bonchev–Trinajstić information content (AvgIpc) is 3.60. The Kier molecular flexibility index (Phi) is 7.62. The van der Waals surface area contributed by atoms with Crippen molar-refractivity contribution < 1.29 is 0 Å². The number of benzene rings is 4. The first kappa shape index (κ1) is 29.4. The Morgan fingerprint density at radius 3 is 1.51 bits per heavy atom. The molecule has 0 nitrogen and oxygen atoms in total. The topological polar surface area (TPSA) is 0 Å². The summed E-state index contributed by atoms with van der Waals surface area (Å²) < 4.78 is 0. The summed E-state index contributed by atoms with van der Waals surface area (Å²) in [6, 6.07) is 37.5. The van der Waals surface area contributed by atoms with Crippen LogP contribution in [0.2, 0.25) is 0 Å². The molecule has 0 N–H and O–H groups in total. The molecule has 0 heteroatoms. The molecule has 0 radical (unpaired) electrons. The lowest BCUT2D eigenvalue weighted by atomic mass is 9.58. The van der Waals surface area contributed by atoms with E-state index in [0.29, 0.717) is 0 Å². The Hall–Kier alpha value is -3.64. The van der Waals surface area contributed by atoms with Gasteiger partial charge in [-0.25, -0.2) is 0 Å². The van der Waals surface area contributed by atoms with Crippen LogP contribution in [0.3, 0.4) is 0 Å². The first-order valence-electron chi connectivity index (χ1n) is 16.3. The zero-order chi connectivity index (χ0) is 30.4. The third-order valence-corrected chi connectivity index (χ3v) is 9.93. The highest BCUT2D eigenvalue weighted by Crippen LogP contribution is 2.61. The maximum atomic E-state index is 2.55. The summed E-state index contributed by atoms with van der Waals surface area (Å²) in [6.07, 6.45) is 9.61. The van der Waals surface area contributed by atoms with E-state index in [1.54, 1.807) is 5.57 Å².